The minimum absolute atomic E-state index is 0.135. The number of aryl methyl sites for hydroxylation is 2. The zero-order valence-corrected chi connectivity index (χ0v) is 12.9. The molecular formula is C17H22N2O2. The number of hydrogen-bond donors (Lipinski definition) is 0. The Bertz CT molecular complexity index is 575. The Morgan fingerprint density at radius 2 is 1.95 bits per heavy atom. The molecule has 1 aromatic heterocycles. The van der Waals surface area contributed by atoms with Crippen LogP contribution in [0.15, 0.2) is 34.9 Å². The van der Waals surface area contributed by atoms with Gasteiger partial charge in [-0.25, -0.2) is 0 Å². The molecule has 2 aromatic rings. The van der Waals surface area contributed by atoms with E-state index < -0.39 is 0 Å². The van der Waals surface area contributed by atoms with Crippen LogP contribution in [0.2, 0.25) is 0 Å². The van der Waals surface area contributed by atoms with Crippen molar-refractivity contribution in [3.05, 3.63) is 52.9 Å². The lowest BCUT2D eigenvalue weighted by atomic mass is 10.1. The molecule has 3 rings (SSSR count). The standard InChI is InChI=1S/C17H22N2O2/c1-12-9-19(10-16-13(2)18-21-14(16)3)11-17(20-12)15-7-5-4-6-8-15/h4-8,12,17H,9-11H2,1-3H3. The first-order valence-corrected chi connectivity index (χ1v) is 7.48. The van der Waals surface area contributed by atoms with E-state index in [0.717, 1.165) is 31.1 Å². The Kier molecular flexibility index (Phi) is 4.08. The van der Waals surface area contributed by atoms with Crippen molar-refractivity contribution in [1.29, 1.82) is 0 Å². The molecule has 1 fully saturated rings. The van der Waals surface area contributed by atoms with Crippen molar-refractivity contribution < 1.29 is 9.26 Å². The summed E-state index contributed by atoms with van der Waals surface area (Å²) in [6.07, 6.45) is 0.361. The van der Waals surface area contributed by atoms with Crippen LogP contribution in [-0.4, -0.2) is 29.3 Å². The summed E-state index contributed by atoms with van der Waals surface area (Å²) in [7, 11) is 0. The predicted octanol–water partition coefficient (Wildman–Crippen LogP) is 3.25. The van der Waals surface area contributed by atoms with Gasteiger partial charge in [-0.1, -0.05) is 35.5 Å². The van der Waals surface area contributed by atoms with Gasteiger partial charge in [0.1, 0.15) is 5.76 Å². The highest BCUT2D eigenvalue weighted by molar-refractivity contribution is 5.22. The Balaban J connectivity index is 1.75. The van der Waals surface area contributed by atoms with Gasteiger partial charge in [0.15, 0.2) is 0 Å². The first kappa shape index (κ1) is 14.3. The number of aromatic nitrogens is 1. The number of rotatable bonds is 3. The second-order valence-electron chi connectivity index (χ2n) is 5.84. The van der Waals surface area contributed by atoms with Gasteiger partial charge in [0, 0.05) is 25.2 Å². The van der Waals surface area contributed by atoms with Crippen LogP contribution in [0.5, 0.6) is 0 Å². The average molecular weight is 286 g/mol. The molecule has 1 aromatic carbocycles. The molecule has 0 aliphatic carbocycles. The SMILES string of the molecule is Cc1noc(C)c1CN1CC(C)OC(c2ccccc2)C1. The molecule has 0 spiro atoms. The maximum Gasteiger partial charge on any atom is 0.138 e. The van der Waals surface area contributed by atoms with Crippen molar-refractivity contribution >= 4 is 0 Å². The fourth-order valence-electron chi connectivity index (χ4n) is 2.97. The summed E-state index contributed by atoms with van der Waals surface area (Å²) in [4.78, 5) is 2.43. The lowest BCUT2D eigenvalue weighted by Crippen LogP contribution is -2.42. The summed E-state index contributed by atoms with van der Waals surface area (Å²) in [5.41, 5.74) is 3.44. The van der Waals surface area contributed by atoms with Gasteiger partial charge in [-0.15, -0.1) is 0 Å². The molecule has 1 aliphatic heterocycles. The Morgan fingerprint density at radius 1 is 1.19 bits per heavy atom. The van der Waals surface area contributed by atoms with Crippen LogP contribution in [-0.2, 0) is 11.3 Å². The Labute approximate surface area is 125 Å². The predicted molar refractivity (Wildman–Crippen MR) is 81.0 cm³/mol. The van der Waals surface area contributed by atoms with Crippen molar-refractivity contribution in [2.24, 2.45) is 0 Å². The summed E-state index contributed by atoms with van der Waals surface area (Å²) in [5, 5.41) is 4.04. The van der Waals surface area contributed by atoms with E-state index in [1.54, 1.807) is 0 Å². The largest absolute Gasteiger partial charge is 0.368 e. The van der Waals surface area contributed by atoms with E-state index in [2.05, 4.69) is 41.2 Å². The van der Waals surface area contributed by atoms with Gasteiger partial charge in [0.05, 0.1) is 17.9 Å². The van der Waals surface area contributed by atoms with Crippen molar-refractivity contribution in [3.8, 4) is 0 Å². The van der Waals surface area contributed by atoms with Gasteiger partial charge >= 0.3 is 0 Å². The van der Waals surface area contributed by atoms with E-state index in [4.69, 9.17) is 9.26 Å². The normalized spacial score (nSPS) is 23.4. The van der Waals surface area contributed by atoms with Gasteiger partial charge in [-0.2, -0.15) is 0 Å². The van der Waals surface area contributed by atoms with Crippen molar-refractivity contribution in [1.82, 2.24) is 10.1 Å². The Hall–Kier alpha value is -1.65. The first-order valence-electron chi connectivity index (χ1n) is 7.48. The van der Waals surface area contributed by atoms with Crippen LogP contribution in [0, 0.1) is 13.8 Å². The van der Waals surface area contributed by atoms with Crippen LogP contribution >= 0.6 is 0 Å². The molecular weight excluding hydrogens is 264 g/mol. The number of ether oxygens (including phenoxy) is 1. The third kappa shape index (κ3) is 3.17. The maximum atomic E-state index is 6.10. The van der Waals surface area contributed by atoms with E-state index in [1.165, 1.54) is 11.1 Å². The quantitative estimate of drug-likeness (QED) is 0.868. The summed E-state index contributed by atoms with van der Waals surface area (Å²) < 4.78 is 11.4. The second-order valence-corrected chi connectivity index (χ2v) is 5.84. The van der Waals surface area contributed by atoms with Crippen LogP contribution in [0.4, 0.5) is 0 Å². The molecule has 2 atom stereocenters. The molecule has 1 aliphatic rings. The molecule has 2 heterocycles. The molecule has 4 nitrogen and oxygen atoms in total. The minimum Gasteiger partial charge on any atom is -0.368 e. The van der Waals surface area contributed by atoms with Gasteiger partial charge < -0.3 is 9.26 Å². The van der Waals surface area contributed by atoms with E-state index in [0.29, 0.717) is 0 Å². The molecule has 21 heavy (non-hydrogen) atoms. The molecule has 4 heteroatoms. The van der Waals surface area contributed by atoms with Gasteiger partial charge in [-0.3, -0.25) is 4.90 Å². The maximum absolute atomic E-state index is 6.10. The smallest absolute Gasteiger partial charge is 0.138 e. The highest BCUT2D eigenvalue weighted by Crippen LogP contribution is 2.27. The molecule has 112 valence electrons. The summed E-state index contributed by atoms with van der Waals surface area (Å²) >= 11 is 0. The molecule has 2 unspecified atom stereocenters. The fourth-order valence-corrected chi connectivity index (χ4v) is 2.97. The second kappa shape index (κ2) is 6.00. The highest BCUT2D eigenvalue weighted by atomic mass is 16.5. The molecule has 1 saturated heterocycles. The third-order valence-corrected chi connectivity index (χ3v) is 4.07. The van der Waals surface area contributed by atoms with Crippen molar-refractivity contribution in [3.63, 3.8) is 0 Å². The lowest BCUT2D eigenvalue weighted by Gasteiger charge is -2.37. The van der Waals surface area contributed by atoms with E-state index in [9.17, 15) is 0 Å². The van der Waals surface area contributed by atoms with Gasteiger partial charge in [0.2, 0.25) is 0 Å². The summed E-state index contributed by atoms with van der Waals surface area (Å²) in [5.74, 6) is 0.919. The van der Waals surface area contributed by atoms with Crippen molar-refractivity contribution in [2.75, 3.05) is 13.1 Å². The van der Waals surface area contributed by atoms with Crippen LogP contribution < -0.4 is 0 Å². The average Bonchev–Trinajstić information content (AvgIpc) is 2.79. The monoisotopic (exact) mass is 286 g/mol. The molecule has 0 N–H and O–H groups in total. The first-order chi connectivity index (χ1) is 10.1. The number of nitrogens with zero attached hydrogens (tertiary/aromatic N) is 2. The van der Waals surface area contributed by atoms with Crippen LogP contribution in [0.1, 0.15) is 35.6 Å². The van der Waals surface area contributed by atoms with Crippen LogP contribution in [0.3, 0.4) is 0 Å². The van der Waals surface area contributed by atoms with E-state index >= 15 is 0 Å². The van der Waals surface area contributed by atoms with E-state index in [1.807, 2.05) is 19.9 Å². The van der Waals surface area contributed by atoms with Gasteiger partial charge in [-0.05, 0) is 26.3 Å². The third-order valence-electron chi connectivity index (χ3n) is 4.07. The van der Waals surface area contributed by atoms with Crippen molar-refractivity contribution in [2.45, 2.75) is 39.5 Å². The number of benzene rings is 1. The Morgan fingerprint density at radius 3 is 2.62 bits per heavy atom. The van der Waals surface area contributed by atoms with Gasteiger partial charge in [0.25, 0.3) is 0 Å². The number of hydrogen-bond acceptors (Lipinski definition) is 4. The summed E-state index contributed by atoms with van der Waals surface area (Å²) in [6, 6.07) is 10.4. The topological polar surface area (TPSA) is 38.5 Å². The summed E-state index contributed by atoms with van der Waals surface area (Å²) in [6.45, 7) is 8.83. The molecule has 0 radical (unpaired) electrons. The minimum atomic E-state index is 0.135. The zero-order chi connectivity index (χ0) is 14.8. The molecule has 0 amide bonds. The molecule has 0 saturated carbocycles. The number of morpholine rings is 1. The van der Waals surface area contributed by atoms with E-state index in [-0.39, 0.29) is 12.2 Å². The highest BCUT2D eigenvalue weighted by Gasteiger charge is 2.27. The van der Waals surface area contributed by atoms with Crippen LogP contribution in [0.25, 0.3) is 0 Å². The lowest BCUT2D eigenvalue weighted by molar-refractivity contribution is -0.0815. The fraction of sp³-hybridized carbons (Fsp3) is 0.471. The zero-order valence-electron chi connectivity index (χ0n) is 12.9. The molecule has 0 bridgehead atoms.